The molecule has 1 aromatic rings. The molecule has 1 heterocycles. The molecule has 2 N–H and O–H groups in total. The highest BCUT2D eigenvalue weighted by molar-refractivity contribution is 7.15. The van der Waals surface area contributed by atoms with Crippen LogP contribution in [0.25, 0.3) is 0 Å². The van der Waals surface area contributed by atoms with Gasteiger partial charge in [-0.1, -0.05) is 0 Å². The van der Waals surface area contributed by atoms with Gasteiger partial charge in [-0.2, -0.15) is 0 Å². The molecule has 0 spiro atoms. The summed E-state index contributed by atoms with van der Waals surface area (Å²) in [5.41, 5.74) is 7.14. The first-order valence-electron chi connectivity index (χ1n) is 7.25. The maximum atomic E-state index is 5.86. The Labute approximate surface area is 120 Å². The van der Waals surface area contributed by atoms with Gasteiger partial charge in [0, 0.05) is 30.4 Å². The van der Waals surface area contributed by atoms with E-state index in [0.29, 0.717) is 12.5 Å². The normalized spacial score (nSPS) is 15.2. The first kappa shape index (κ1) is 14.8. The van der Waals surface area contributed by atoms with Gasteiger partial charge < -0.3 is 15.5 Å². The Morgan fingerprint density at radius 2 is 2.05 bits per heavy atom. The first-order valence-corrected chi connectivity index (χ1v) is 8.06. The minimum Gasteiger partial charge on any atom is -0.348 e. The van der Waals surface area contributed by atoms with Crippen LogP contribution >= 0.6 is 11.3 Å². The zero-order valence-electron chi connectivity index (χ0n) is 12.4. The number of nitrogens with zero attached hydrogens (tertiary/aromatic N) is 3. The van der Waals surface area contributed by atoms with E-state index in [1.807, 2.05) is 0 Å². The summed E-state index contributed by atoms with van der Waals surface area (Å²) in [6, 6.07) is 0. The smallest absolute Gasteiger partial charge is 0.185 e. The predicted octanol–water partition coefficient (Wildman–Crippen LogP) is 2.26. The number of thiazole rings is 1. The summed E-state index contributed by atoms with van der Waals surface area (Å²) in [5, 5.41) is 1.17. The van der Waals surface area contributed by atoms with Gasteiger partial charge in [0.1, 0.15) is 0 Å². The molecule has 1 fully saturated rings. The molecule has 1 aliphatic carbocycles. The summed E-state index contributed by atoms with van der Waals surface area (Å²) in [5.74, 6) is 0.698. The van der Waals surface area contributed by atoms with Crippen molar-refractivity contribution in [1.82, 2.24) is 9.88 Å². The van der Waals surface area contributed by atoms with Gasteiger partial charge in [-0.05, 0) is 46.8 Å². The average Bonchev–Trinajstić information content (AvgIpc) is 3.14. The Hall–Kier alpha value is -0.650. The molecule has 1 aliphatic rings. The van der Waals surface area contributed by atoms with Gasteiger partial charge in [0.2, 0.25) is 0 Å². The summed E-state index contributed by atoms with van der Waals surface area (Å²) in [6.45, 7) is 6.07. The van der Waals surface area contributed by atoms with Crippen LogP contribution in [0.1, 0.15) is 42.7 Å². The van der Waals surface area contributed by atoms with E-state index in [1.165, 1.54) is 35.0 Å². The van der Waals surface area contributed by atoms with Crippen molar-refractivity contribution in [2.24, 2.45) is 5.73 Å². The highest BCUT2D eigenvalue weighted by Gasteiger charge is 2.29. The maximum Gasteiger partial charge on any atom is 0.185 e. The maximum absolute atomic E-state index is 5.86. The molecule has 0 aromatic carbocycles. The molecule has 0 aliphatic heterocycles. The topological polar surface area (TPSA) is 45.4 Å². The van der Waals surface area contributed by atoms with Gasteiger partial charge in [0.05, 0.1) is 5.69 Å². The molecule has 0 saturated heterocycles. The van der Waals surface area contributed by atoms with Crippen LogP contribution in [0.2, 0.25) is 0 Å². The lowest BCUT2D eigenvalue weighted by Gasteiger charge is -2.20. The Kier molecular flexibility index (Phi) is 5.19. The molecular weight excluding hydrogens is 256 g/mol. The molecule has 0 unspecified atom stereocenters. The summed E-state index contributed by atoms with van der Waals surface area (Å²) >= 11 is 1.80. The van der Waals surface area contributed by atoms with Gasteiger partial charge in [-0.25, -0.2) is 4.98 Å². The lowest BCUT2D eigenvalue weighted by atomic mass is 10.2. The molecule has 0 amide bonds. The van der Waals surface area contributed by atoms with Crippen molar-refractivity contribution in [3.63, 3.8) is 0 Å². The third-order valence-corrected chi connectivity index (χ3v) is 4.71. The Morgan fingerprint density at radius 1 is 1.32 bits per heavy atom. The number of hydrogen-bond acceptors (Lipinski definition) is 5. The lowest BCUT2D eigenvalue weighted by molar-refractivity contribution is 0.400. The molecule has 1 aromatic heterocycles. The van der Waals surface area contributed by atoms with Gasteiger partial charge in [-0.3, -0.25) is 0 Å². The van der Waals surface area contributed by atoms with E-state index in [9.17, 15) is 0 Å². The lowest BCUT2D eigenvalue weighted by Crippen LogP contribution is -2.26. The molecule has 4 nitrogen and oxygen atoms in total. The molecule has 0 radical (unpaired) electrons. The number of aromatic nitrogens is 1. The van der Waals surface area contributed by atoms with Crippen LogP contribution in [0.5, 0.6) is 0 Å². The van der Waals surface area contributed by atoms with Crippen LogP contribution in [-0.2, 0) is 6.54 Å². The van der Waals surface area contributed by atoms with Crippen molar-refractivity contribution in [3.8, 4) is 0 Å². The van der Waals surface area contributed by atoms with Crippen LogP contribution < -0.4 is 10.6 Å². The van der Waals surface area contributed by atoms with Crippen molar-refractivity contribution in [1.29, 1.82) is 0 Å². The quantitative estimate of drug-likeness (QED) is 0.794. The van der Waals surface area contributed by atoms with Crippen molar-refractivity contribution in [3.05, 3.63) is 10.6 Å². The molecule has 108 valence electrons. The average molecular weight is 282 g/mol. The second kappa shape index (κ2) is 6.68. The van der Waals surface area contributed by atoms with Crippen molar-refractivity contribution < 1.29 is 0 Å². The monoisotopic (exact) mass is 282 g/mol. The third-order valence-electron chi connectivity index (χ3n) is 3.55. The molecule has 5 heteroatoms. The fraction of sp³-hybridized carbons (Fsp3) is 0.786. The van der Waals surface area contributed by atoms with E-state index in [4.69, 9.17) is 10.7 Å². The first-order chi connectivity index (χ1) is 9.15. The van der Waals surface area contributed by atoms with Gasteiger partial charge in [0.25, 0.3) is 0 Å². The summed E-state index contributed by atoms with van der Waals surface area (Å²) in [7, 11) is 4.24. The van der Waals surface area contributed by atoms with Crippen LogP contribution in [0.15, 0.2) is 0 Å². The zero-order valence-corrected chi connectivity index (χ0v) is 13.2. The van der Waals surface area contributed by atoms with Gasteiger partial charge >= 0.3 is 0 Å². The standard InChI is InChI=1S/C14H26N4S/c1-4-18(9-5-8-17(2)3)14-16-13(11-6-7-11)12(10-15)19-14/h11H,4-10,15H2,1-3H3. The molecule has 19 heavy (non-hydrogen) atoms. The number of nitrogens with two attached hydrogens (primary N) is 1. The fourth-order valence-corrected chi connectivity index (χ4v) is 3.39. The van der Waals surface area contributed by atoms with Crippen molar-refractivity contribution >= 4 is 16.5 Å². The Bertz CT molecular complexity index is 398. The SMILES string of the molecule is CCN(CCCN(C)C)c1nc(C2CC2)c(CN)s1. The van der Waals surface area contributed by atoms with E-state index in [-0.39, 0.29) is 0 Å². The number of rotatable bonds is 8. The Balaban J connectivity index is 2.01. The molecular formula is C14H26N4S. The second-order valence-corrected chi connectivity index (χ2v) is 6.58. The van der Waals surface area contributed by atoms with E-state index in [2.05, 4.69) is 30.8 Å². The highest BCUT2D eigenvalue weighted by atomic mass is 32.1. The van der Waals surface area contributed by atoms with Crippen LogP contribution in [0.3, 0.4) is 0 Å². The van der Waals surface area contributed by atoms with Gasteiger partial charge in [-0.15, -0.1) is 11.3 Å². The highest BCUT2D eigenvalue weighted by Crippen LogP contribution is 2.44. The number of hydrogen-bond donors (Lipinski definition) is 1. The van der Waals surface area contributed by atoms with Crippen LogP contribution in [0.4, 0.5) is 5.13 Å². The molecule has 1 saturated carbocycles. The van der Waals surface area contributed by atoms with Crippen molar-refractivity contribution in [2.75, 3.05) is 38.6 Å². The molecule has 0 atom stereocenters. The summed E-state index contributed by atoms with van der Waals surface area (Å²) < 4.78 is 0. The third kappa shape index (κ3) is 3.91. The van der Waals surface area contributed by atoms with Crippen LogP contribution in [-0.4, -0.2) is 43.6 Å². The zero-order chi connectivity index (χ0) is 13.8. The summed E-state index contributed by atoms with van der Waals surface area (Å²) in [4.78, 5) is 10.8. The minimum atomic E-state index is 0.638. The fourth-order valence-electron chi connectivity index (χ4n) is 2.27. The second-order valence-electron chi connectivity index (χ2n) is 5.52. The minimum absolute atomic E-state index is 0.638. The van der Waals surface area contributed by atoms with E-state index in [0.717, 1.165) is 19.6 Å². The largest absolute Gasteiger partial charge is 0.348 e. The van der Waals surface area contributed by atoms with E-state index >= 15 is 0 Å². The van der Waals surface area contributed by atoms with Crippen molar-refractivity contribution in [2.45, 2.75) is 38.6 Å². The van der Waals surface area contributed by atoms with Gasteiger partial charge in [0.15, 0.2) is 5.13 Å². The predicted molar refractivity (Wildman–Crippen MR) is 83.0 cm³/mol. The van der Waals surface area contributed by atoms with E-state index < -0.39 is 0 Å². The van der Waals surface area contributed by atoms with E-state index in [1.54, 1.807) is 11.3 Å². The Morgan fingerprint density at radius 3 is 2.58 bits per heavy atom. The molecule has 0 bridgehead atoms. The summed E-state index contributed by atoms with van der Waals surface area (Å²) in [6.07, 6.45) is 3.77. The molecule has 2 rings (SSSR count). The van der Waals surface area contributed by atoms with Crippen LogP contribution in [0, 0.1) is 0 Å². The number of anilines is 1.